The monoisotopic (exact) mass is 501 g/mol. The second kappa shape index (κ2) is 10.5. The van der Waals surface area contributed by atoms with Gasteiger partial charge < -0.3 is 28.6 Å². The van der Waals surface area contributed by atoms with Crippen LogP contribution >= 0.6 is 0 Å². The van der Waals surface area contributed by atoms with Crippen LogP contribution in [0.25, 0.3) is 6.08 Å². The summed E-state index contributed by atoms with van der Waals surface area (Å²) in [4.78, 5) is 15.4. The molecule has 1 amide bonds. The molecule has 37 heavy (non-hydrogen) atoms. The molecule has 3 aromatic rings. The van der Waals surface area contributed by atoms with Crippen molar-refractivity contribution < 1.29 is 28.5 Å². The van der Waals surface area contributed by atoms with Crippen molar-refractivity contribution in [3.05, 3.63) is 82.4 Å². The van der Waals surface area contributed by atoms with Gasteiger partial charge in [-0.25, -0.2) is 0 Å². The average Bonchev–Trinajstić information content (AvgIpc) is 3.37. The first-order valence-electron chi connectivity index (χ1n) is 12.3. The quantitative estimate of drug-likeness (QED) is 0.411. The molecule has 2 heterocycles. The Kier molecular flexibility index (Phi) is 6.95. The van der Waals surface area contributed by atoms with Gasteiger partial charge >= 0.3 is 0 Å². The van der Waals surface area contributed by atoms with Gasteiger partial charge in [0.25, 0.3) is 0 Å². The lowest BCUT2D eigenvalue weighted by Crippen LogP contribution is -2.41. The Balaban J connectivity index is 1.43. The van der Waals surface area contributed by atoms with Crippen molar-refractivity contribution in [1.29, 1.82) is 0 Å². The Morgan fingerprint density at radius 2 is 1.70 bits per heavy atom. The van der Waals surface area contributed by atoms with E-state index in [1.165, 1.54) is 0 Å². The maximum absolute atomic E-state index is 13.5. The Hall–Kier alpha value is -4.13. The highest BCUT2D eigenvalue weighted by molar-refractivity contribution is 5.92. The van der Waals surface area contributed by atoms with Gasteiger partial charge in [0.1, 0.15) is 12.4 Å². The van der Waals surface area contributed by atoms with E-state index >= 15 is 0 Å². The molecular formula is C30H31NO6. The number of ether oxygens (including phenoxy) is 5. The van der Waals surface area contributed by atoms with Gasteiger partial charge in [0.2, 0.25) is 12.7 Å². The highest BCUT2D eigenvalue weighted by atomic mass is 16.7. The number of benzene rings is 3. The van der Waals surface area contributed by atoms with Gasteiger partial charge in [-0.3, -0.25) is 4.79 Å². The molecular weight excluding hydrogens is 470 g/mol. The summed E-state index contributed by atoms with van der Waals surface area (Å²) < 4.78 is 28.2. The number of amides is 1. The topological polar surface area (TPSA) is 66.5 Å². The molecule has 2 aliphatic heterocycles. The lowest BCUT2D eigenvalue weighted by atomic mass is 9.92. The summed E-state index contributed by atoms with van der Waals surface area (Å²) in [6.07, 6.45) is 4.11. The molecule has 5 rings (SSSR count). The molecule has 7 nitrogen and oxygen atoms in total. The van der Waals surface area contributed by atoms with Crippen LogP contribution in [0.4, 0.5) is 0 Å². The van der Waals surface area contributed by atoms with E-state index in [0.717, 1.165) is 33.6 Å². The molecule has 0 fully saturated rings. The van der Waals surface area contributed by atoms with Crippen LogP contribution in [0.1, 0.15) is 33.9 Å². The van der Waals surface area contributed by atoms with E-state index in [2.05, 4.69) is 6.07 Å². The molecule has 0 bridgehead atoms. The number of carbonyl (C=O) groups excluding carboxylic acids is 1. The molecule has 0 saturated carbocycles. The van der Waals surface area contributed by atoms with Crippen molar-refractivity contribution in [2.75, 3.05) is 34.2 Å². The molecule has 0 radical (unpaired) electrons. The fraction of sp³-hybridized carbons (Fsp3) is 0.300. The number of methoxy groups -OCH3 is 2. The van der Waals surface area contributed by atoms with Crippen molar-refractivity contribution >= 4 is 12.0 Å². The third-order valence-corrected chi connectivity index (χ3v) is 6.70. The van der Waals surface area contributed by atoms with Gasteiger partial charge in [-0.1, -0.05) is 12.1 Å². The number of fused-ring (bicyclic) bond motifs is 2. The molecule has 0 aliphatic carbocycles. The number of nitrogens with zero attached hydrogens (tertiary/aromatic N) is 1. The van der Waals surface area contributed by atoms with Crippen LogP contribution in [-0.4, -0.2) is 45.0 Å². The van der Waals surface area contributed by atoms with E-state index in [4.69, 9.17) is 23.7 Å². The Bertz CT molecular complexity index is 1330. The zero-order valence-electron chi connectivity index (χ0n) is 21.6. The minimum atomic E-state index is -0.293. The second-order valence-corrected chi connectivity index (χ2v) is 9.28. The summed E-state index contributed by atoms with van der Waals surface area (Å²) >= 11 is 0. The number of hydrogen-bond donors (Lipinski definition) is 0. The van der Waals surface area contributed by atoms with Gasteiger partial charge in [-0.15, -0.1) is 0 Å². The summed E-state index contributed by atoms with van der Waals surface area (Å²) in [5.41, 5.74) is 5.24. The molecule has 1 unspecified atom stereocenters. The Morgan fingerprint density at radius 3 is 2.46 bits per heavy atom. The first kappa shape index (κ1) is 24.6. The first-order chi connectivity index (χ1) is 17.9. The minimum absolute atomic E-state index is 0.0906. The summed E-state index contributed by atoms with van der Waals surface area (Å²) in [5.74, 6) is 3.40. The summed E-state index contributed by atoms with van der Waals surface area (Å²) in [5, 5.41) is 0. The Labute approximate surface area is 217 Å². The zero-order valence-corrected chi connectivity index (χ0v) is 21.6. The molecule has 1 atom stereocenters. The van der Waals surface area contributed by atoms with Gasteiger partial charge in [-0.2, -0.15) is 0 Å². The molecule has 2 aliphatic rings. The van der Waals surface area contributed by atoms with Crippen LogP contribution in [0, 0.1) is 13.8 Å². The third kappa shape index (κ3) is 5.21. The maximum atomic E-state index is 13.5. The van der Waals surface area contributed by atoms with Crippen LogP contribution in [-0.2, 0) is 11.2 Å². The van der Waals surface area contributed by atoms with Crippen LogP contribution in [0.3, 0.4) is 0 Å². The highest BCUT2D eigenvalue weighted by Crippen LogP contribution is 2.39. The summed E-state index contributed by atoms with van der Waals surface area (Å²) in [7, 11) is 3.25. The van der Waals surface area contributed by atoms with Crippen LogP contribution < -0.4 is 23.7 Å². The van der Waals surface area contributed by atoms with Gasteiger partial charge in [-0.05, 0) is 90.6 Å². The predicted octanol–water partition coefficient (Wildman–Crippen LogP) is 5.27. The Morgan fingerprint density at radius 1 is 0.973 bits per heavy atom. The fourth-order valence-corrected chi connectivity index (χ4v) is 4.94. The molecule has 0 spiro atoms. The normalized spacial score (nSPS) is 16.0. The smallest absolute Gasteiger partial charge is 0.247 e. The lowest BCUT2D eigenvalue weighted by molar-refractivity contribution is -0.129. The number of rotatable bonds is 7. The van der Waals surface area contributed by atoms with Crippen molar-refractivity contribution in [3.8, 4) is 28.7 Å². The van der Waals surface area contributed by atoms with Crippen molar-refractivity contribution in [3.63, 3.8) is 0 Å². The van der Waals surface area contributed by atoms with Gasteiger partial charge in [0, 0.05) is 12.6 Å². The molecule has 0 N–H and O–H groups in total. The minimum Gasteiger partial charge on any atom is -0.493 e. The van der Waals surface area contributed by atoms with Crippen molar-refractivity contribution in [2.45, 2.75) is 26.3 Å². The standard InChI is InChI=1S/C30H31NO6/c1-19-11-20(2)13-23(12-19)35-17-25-24-16-28(34-4)27(33-3)15-22(24)9-10-31(25)30(32)8-6-21-5-7-26-29(14-21)37-18-36-26/h5-8,11-16,25H,9-10,17-18H2,1-4H3/b8-6+. The van der Waals surface area contributed by atoms with Crippen molar-refractivity contribution in [2.24, 2.45) is 0 Å². The lowest BCUT2D eigenvalue weighted by Gasteiger charge is -2.37. The number of hydrogen-bond acceptors (Lipinski definition) is 6. The first-order valence-corrected chi connectivity index (χ1v) is 12.3. The second-order valence-electron chi connectivity index (χ2n) is 9.28. The van der Waals surface area contributed by atoms with Crippen LogP contribution in [0.2, 0.25) is 0 Å². The number of carbonyl (C=O) groups is 1. The molecule has 3 aromatic carbocycles. The fourth-order valence-electron chi connectivity index (χ4n) is 4.94. The number of aryl methyl sites for hydroxylation is 2. The van der Waals surface area contributed by atoms with E-state index in [-0.39, 0.29) is 18.7 Å². The molecule has 7 heteroatoms. The summed E-state index contributed by atoms with van der Waals surface area (Å²) in [6.45, 7) is 5.18. The van der Waals surface area contributed by atoms with Gasteiger partial charge in [0.05, 0.1) is 20.3 Å². The molecule has 0 aromatic heterocycles. The van der Waals surface area contributed by atoms with E-state index < -0.39 is 0 Å². The zero-order chi connectivity index (χ0) is 25.9. The van der Waals surface area contributed by atoms with E-state index in [1.807, 2.05) is 61.2 Å². The average molecular weight is 502 g/mol. The van der Waals surface area contributed by atoms with Crippen LogP contribution in [0.15, 0.2) is 54.6 Å². The van der Waals surface area contributed by atoms with Crippen LogP contribution in [0.5, 0.6) is 28.7 Å². The van der Waals surface area contributed by atoms with Gasteiger partial charge in [0.15, 0.2) is 23.0 Å². The SMILES string of the molecule is COc1cc2c(cc1OC)C(COc1cc(C)cc(C)c1)N(C(=O)/C=C/c1ccc3c(c1)OCO3)CC2. The molecule has 0 saturated heterocycles. The van der Waals surface area contributed by atoms with Crippen molar-refractivity contribution in [1.82, 2.24) is 4.90 Å². The third-order valence-electron chi connectivity index (χ3n) is 6.70. The predicted molar refractivity (Wildman–Crippen MR) is 141 cm³/mol. The van der Waals surface area contributed by atoms with E-state index in [0.29, 0.717) is 42.6 Å². The summed E-state index contributed by atoms with van der Waals surface area (Å²) in [6, 6.07) is 15.4. The van der Waals surface area contributed by atoms with E-state index in [9.17, 15) is 4.79 Å². The highest BCUT2D eigenvalue weighted by Gasteiger charge is 2.32. The molecule has 192 valence electrons. The maximum Gasteiger partial charge on any atom is 0.247 e. The largest absolute Gasteiger partial charge is 0.493 e. The van der Waals surface area contributed by atoms with E-state index in [1.54, 1.807) is 26.4 Å².